The van der Waals surface area contributed by atoms with Gasteiger partial charge in [-0.3, -0.25) is 9.88 Å². The highest BCUT2D eigenvalue weighted by Crippen LogP contribution is 2.40. The van der Waals surface area contributed by atoms with E-state index in [1.807, 2.05) is 35.2 Å². The topological polar surface area (TPSA) is 86.3 Å². The predicted octanol–water partition coefficient (Wildman–Crippen LogP) is 4.63. The van der Waals surface area contributed by atoms with Crippen LogP contribution in [0.4, 0.5) is 5.69 Å². The fourth-order valence-corrected chi connectivity index (χ4v) is 5.65. The number of aliphatic hydroxyl groups is 1. The number of hydrogen-bond acceptors (Lipinski definition) is 6. The zero-order valence-corrected chi connectivity index (χ0v) is 21.2. The molecule has 1 saturated carbocycles. The standard InChI is InChI=1S/C29H35N5O2/c1-21-3-5-26(22(2)17-21)34-12-9-23(19-34)28(35)32-24-4-6-27(31-18-24)29(20-30)10-7-25(8-11-29)33-13-15-36-16-14-33/h3-6,9,12,17-19,25,28,32,35H,7-8,10-11,13-16H2,1-2H3. The van der Waals surface area contributed by atoms with Crippen molar-refractivity contribution in [1.82, 2.24) is 14.5 Å². The SMILES string of the molecule is Cc1ccc(-n2ccc(C(O)Nc3ccc(C4(C#N)CCC(N5CCOCC5)CC4)nc3)c2)c(C)c1. The summed E-state index contributed by atoms with van der Waals surface area (Å²) in [6, 6.07) is 15.2. The Morgan fingerprint density at radius 3 is 2.58 bits per heavy atom. The molecule has 188 valence electrons. The number of nitriles is 1. The van der Waals surface area contributed by atoms with E-state index in [-0.39, 0.29) is 0 Å². The van der Waals surface area contributed by atoms with Gasteiger partial charge < -0.3 is 19.7 Å². The molecule has 7 nitrogen and oxygen atoms in total. The van der Waals surface area contributed by atoms with Gasteiger partial charge in [-0.1, -0.05) is 17.7 Å². The molecule has 2 fully saturated rings. The molecule has 1 aromatic carbocycles. The molecule has 1 saturated heterocycles. The van der Waals surface area contributed by atoms with Gasteiger partial charge in [0.1, 0.15) is 0 Å². The van der Waals surface area contributed by atoms with E-state index in [0.717, 1.165) is 74.6 Å². The molecular weight excluding hydrogens is 450 g/mol. The lowest BCUT2D eigenvalue weighted by atomic mass is 9.71. The van der Waals surface area contributed by atoms with Crippen LogP contribution in [-0.2, 0) is 10.2 Å². The highest BCUT2D eigenvalue weighted by molar-refractivity contribution is 5.46. The van der Waals surface area contributed by atoms with Crippen molar-refractivity contribution in [2.45, 2.75) is 57.2 Å². The molecule has 1 atom stereocenters. The van der Waals surface area contributed by atoms with Crippen LogP contribution in [0.25, 0.3) is 5.69 Å². The average molecular weight is 486 g/mol. The zero-order valence-electron chi connectivity index (χ0n) is 21.2. The number of pyridine rings is 1. The molecule has 36 heavy (non-hydrogen) atoms. The lowest BCUT2D eigenvalue weighted by molar-refractivity contribution is 0.00493. The van der Waals surface area contributed by atoms with Crippen molar-refractivity contribution in [2.24, 2.45) is 0 Å². The number of aromatic nitrogens is 2. The number of morpholine rings is 1. The van der Waals surface area contributed by atoms with Crippen LogP contribution < -0.4 is 5.32 Å². The molecule has 5 rings (SSSR count). The second-order valence-electron chi connectivity index (χ2n) is 10.2. The maximum absolute atomic E-state index is 10.8. The van der Waals surface area contributed by atoms with Crippen LogP contribution in [-0.4, -0.2) is 51.9 Å². The Hall–Kier alpha value is -3.18. The van der Waals surface area contributed by atoms with Gasteiger partial charge in [-0.2, -0.15) is 5.26 Å². The molecule has 0 bridgehead atoms. The van der Waals surface area contributed by atoms with Gasteiger partial charge in [0.15, 0.2) is 6.23 Å². The summed E-state index contributed by atoms with van der Waals surface area (Å²) in [5, 5.41) is 24.0. The number of aliphatic hydroxyl groups excluding tert-OH is 1. The quantitative estimate of drug-likeness (QED) is 0.495. The van der Waals surface area contributed by atoms with E-state index in [9.17, 15) is 10.4 Å². The highest BCUT2D eigenvalue weighted by Gasteiger charge is 2.40. The van der Waals surface area contributed by atoms with Crippen molar-refractivity contribution >= 4 is 5.69 Å². The third kappa shape index (κ3) is 5.03. The molecule has 2 aliphatic rings. The Kier molecular flexibility index (Phi) is 7.10. The maximum atomic E-state index is 10.8. The van der Waals surface area contributed by atoms with Gasteiger partial charge in [0.2, 0.25) is 0 Å². The average Bonchev–Trinajstić information content (AvgIpc) is 3.40. The molecule has 0 amide bonds. The van der Waals surface area contributed by atoms with Crippen LogP contribution in [0.2, 0.25) is 0 Å². The monoisotopic (exact) mass is 485 g/mol. The Morgan fingerprint density at radius 1 is 1.14 bits per heavy atom. The lowest BCUT2D eigenvalue weighted by Gasteiger charge is -2.41. The first-order valence-electron chi connectivity index (χ1n) is 12.9. The Balaban J connectivity index is 1.23. The fourth-order valence-electron chi connectivity index (χ4n) is 5.65. The van der Waals surface area contributed by atoms with Gasteiger partial charge in [-0.15, -0.1) is 0 Å². The predicted molar refractivity (Wildman–Crippen MR) is 140 cm³/mol. The number of anilines is 1. The van der Waals surface area contributed by atoms with Crippen LogP contribution >= 0.6 is 0 Å². The third-order valence-corrected chi connectivity index (χ3v) is 7.80. The molecule has 7 heteroatoms. The summed E-state index contributed by atoms with van der Waals surface area (Å²) in [4.78, 5) is 7.18. The summed E-state index contributed by atoms with van der Waals surface area (Å²) in [5.41, 5.74) is 5.29. The van der Waals surface area contributed by atoms with Gasteiger partial charge in [0.05, 0.1) is 42.3 Å². The first kappa shape index (κ1) is 24.5. The van der Waals surface area contributed by atoms with Crippen LogP contribution in [0.5, 0.6) is 0 Å². The van der Waals surface area contributed by atoms with Crippen LogP contribution in [0.1, 0.15) is 54.3 Å². The van der Waals surface area contributed by atoms with E-state index >= 15 is 0 Å². The number of aryl methyl sites for hydroxylation is 2. The smallest absolute Gasteiger partial charge is 0.152 e. The van der Waals surface area contributed by atoms with E-state index in [1.54, 1.807) is 6.20 Å². The van der Waals surface area contributed by atoms with Crippen LogP contribution in [0.3, 0.4) is 0 Å². The summed E-state index contributed by atoms with van der Waals surface area (Å²) >= 11 is 0. The summed E-state index contributed by atoms with van der Waals surface area (Å²) < 4.78 is 7.52. The summed E-state index contributed by atoms with van der Waals surface area (Å²) in [5.74, 6) is 0. The van der Waals surface area contributed by atoms with E-state index in [4.69, 9.17) is 4.74 Å². The van der Waals surface area contributed by atoms with Crippen LogP contribution in [0, 0.1) is 25.2 Å². The van der Waals surface area contributed by atoms with Crippen molar-refractivity contribution in [1.29, 1.82) is 5.26 Å². The number of hydrogen-bond donors (Lipinski definition) is 2. The lowest BCUT2D eigenvalue weighted by Crippen LogP contribution is -2.47. The van der Waals surface area contributed by atoms with Gasteiger partial charge in [-0.05, 0) is 69.4 Å². The van der Waals surface area contributed by atoms with Crippen molar-refractivity contribution in [3.8, 4) is 11.8 Å². The first-order valence-corrected chi connectivity index (χ1v) is 12.9. The molecule has 0 spiro atoms. The molecule has 1 aliphatic carbocycles. The minimum atomic E-state index is -0.862. The molecular formula is C29H35N5O2. The van der Waals surface area contributed by atoms with Gasteiger partial charge >= 0.3 is 0 Å². The van der Waals surface area contributed by atoms with E-state index in [1.165, 1.54) is 11.1 Å². The summed E-state index contributed by atoms with van der Waals surface area (Å²) in [6.45, 7) is 7.75. The number of benzene rings is 1. The second-order valence-corrected chi connectivity index (χ2v) is 10.2. The van der Waals surface area contributed by atoms with Crippen molar-refractivity contribution < 1.29 is 9.84 Å². The van der Waals surface area contributed by atoms with E-state index < -0.39 is 11.6 Å². The number of rotatable bonds is 6. The number of ether oxygens (including phenoxy) is 1. The number of nitrogens with one attached hydrogen (secondary N) is 1. The Bertz CT molecular complexity index is 1220. The largest absolute Gasteiger partial charge is 0.379 e. The molecule has 2 N–H and O–H groups in total. The first-order chi connectivity index (χ1) is 17.5. The van der Waals surface area contributed by atoms with Crippen molar-refractivity contribution in [3.05, 3.63) is 77.4 Å². The zero-order chi connectivity index (χ0) is 25.1. The number of nitrogens with zero attached hydrogens (tertiary/aromatic N) is 4. The molecule has 1 unspecified atom stereocenters. The highest BCUT2D eigenvalue weighted by atomic mass is 16.5. The maximum Gasteiger partial charge on any atom is 0.152 e. The fraction of sp³-hybridized carbons (Fsp3) is 0.448. The van der Waals surface area contributed by atoms with Gasteiger partial charge in [0.25, 0.3) is 0 Å². The third-order valence-electron chi connectivity index (χ3n) is 7.80. The molecule has 2 aromatic heterocycles. The molecule has 3 heterocycles. The van der Waals surface area contributed by atoms with Crippen LogP contribution in [0.15, 0.2) is 55.0 Å². The van der Waals surface area contributed by atoms with E-state index in [2.05, 4.69) is 53.3 Å². The molecule has 3 aromatic rings. The molecule has 1 aliphatic heterocycles. The Labute approximate surface area is 213 Å². The molecule has 0 radical (unpaired) electrons. The summed E-state index contributed by atoms with van der Waals surface area (Å²) in [7, 11) is 0. The van der Waals surface area contributed by atoms with Gasteiger partial charge in [-0.25, -0.2) is 0 Å². The second kappa shape index (κ2) is 10.4. The Morgan fingerprint density at radius 2 is 1.92 bits per heavy atom. The van der Waals surface area contributed by atoms with Crippen molar-refractivity contribution in [3.63, 3.8) is 0 Å². The normalized spacial score (nSPS) is 23.7. The van der Waals surface area contributed by atoms with E-state index in [0.29, 0.717) is 6.04 Å². The summed E-state index contributed by atoms with van der Waals surface area (Å²) in [6.07, 6.45) is 8.42. The minimum absolute atomic E-state index is 0.530. The van der Waals surface area contributed by atoms with Crippen molar-refractivity contribution in [2.75, 3.05) is 31.6 Å². The minimum Gasteiger partial charge on any atom is -0.379 e. The van der Waals surface area contributed by atoms with Gasteiger partial charge in [0, 0.05) is 42.8 Å².